The molecule has 4 rings (SSSR count). The van der Waals surface area contributed by atoms with Gasteiger partial charge in [-0.2, -0.15) is 0 Å². The van der Waals surface area contributed by atoms with E-state index in [0.717, 1.165) is 43.0 Å². The monoisotopic (exact) mass is 410 g/mol. The largest absolute Gasteiger partial charge is 0.342 e. The predicted molar refractivity (Wildman–Crippen MR) is 112 cm³/mol. The van der Waals surface area contributed by atoms with Crippen LogP contribution in [0, 0.1) is 5.82 Å². The van der Waals surface area contributed by atoms with E-state index in [-0.39, 0.29) is 11.7 Å². The first kappa shape index (κ1) is 19.6. The second kappa shape index (κ2) is 9.22. The van der Waals surface area contributed by atoms with Crippen molar-refractivity contribution in [1.82, 2.24) is 19.7 Å². The van der Waals surface area contributed by atoms with E-state index in [1.807, 2.05) is 39.8 Å². The smallest absolute Gasteiger partial charge is 0.233 e. The number of hydrogen-bond acceptors (Lipinski definition) is 4. The van der Waals surface area contributed by atoms with Gasteiger partial charge in [0.05, 0.1) is 5.75 Å². The summed E-state index contributed by atoms with van der Waals surface area (Å²) in [6, 6.07) is 16.3. The van der Waals surface area contributed by atoms with Crippen LogP contribution >= 0.6 is 11.8 Å². The fraction of sp³-hybridized carbons (Fsp3) is 0.318. The van der Waals surface area contributed by atoms with Gasteiger partial charge in [0.2, 0.25) is 5.91 Å². The van der Waals surface area contributed by atoms with E-state index in [9.17, 15) is 9.18 Å². The summed E-state index contributed by atoms with van der Waals surface area (Å²) in [6.07, 6.45) is 3.94. The second-order valence-electron chi connectivity index (χ2n) is 7.10. The van der Waals surface area contributed by atoms with Gasteiger partial charge < -0.3 is 4.90 Å². The van der Waals surface area contributed by atoms with Gasteiger partial charge in [0, 0.05) is 25.2 Å². The van der Waals surface area contributed by atoms with E-state index in [4.69, 9.17) is 0 Å². The van der Waals surface area contributed by atoms with Crippen LogP contribution in [0.4, 0.5) is 4.39 Å². The number of carbonyl (C=O) groups excluding carboxylic acids is 1. The summed E-state index contributed by atoms with van der Waals surface area (Å²) < 4.78 is 15.4. The first-order valence-corrected chi connectivity index (χ1v) is 10.8. The van der Waals surface area contributed by atoms with Crippen molar-refractivity contribution >= 4 is 17.7 Å². The van der Waals surface area contributed by atoms with Crippen LogP contribution in [-0.4, -0.2) is 44.4 Å². The minimum Gasteiger partial charge on any atom is -0.342 e. The topological polar surface area (TPSA) is 51.0 Å². The maximum absolute atomic E-state index is 13.4. The molecule has 150 valence electrons. The number of thioether (sulfide) groups is 1. The number of piperidine rings is 1. The second-order valence-corrected chi connectivity index (χ2v) is 8.05. The average Bonchev–Trinajstić information content (AvgIpc) is 3.16. The summed E-state index contributed by atoms with van der Waals surface area (Å²) in [4.78, 5) is 14.5. The standard InChI is InChI=1S/C22H23FN4OS/c23-18-9-11-19(12-10-18)27-20(15-17-7-3-1-4-8-17)24-25-22(27)29-16-21(28)26-13-5-2-6-14-26/h1,3-4,7-12H,2,5-6,13-16H2. The van der Waals surface area contributed by atoms with E-state index in [1.54, 1.807) is 12.1 Å². The van der Waals surface area contributed by atoms with Gasteiger partial charge in [-0.3, -0.25) is 9.36 Å². The molecule has 29 heavy (non-hydrogen) atoms. The molecule has 0 radical (unpaired) electrons. The third kappa shape index (κ3) is 4.85. The molecule has 0 spiro atoms. The van der Waals surface area contributed by atoms with Crippen molar-refractivity contribution in [3.63, 3.8) is 0 Å². The Morgan fingerprint density at radius 1 is 0.966 bits per heavy atom. The van der Waals surface area contributed by atoms with E-state index in [1.165, 1.54) is 30.3 Å². The summed E-state index contributed by atoms with van der Waals surface area (Å²) in [5.74, 6) is 0.926. The molecule has 1 saturated heterocycles. The predicted octanol–water partition coefficient (Wildman–Crippen LogP) is 4.10. The highest BCUT2D eigenvalue weighted by Crippen LogP contribution is 2.24. The van der Waals surface area contributed by atoms with Crippen molar-refractivity contribution < 1.29 is 9.18 Å². The quantitative estimate of drug-likeness (QED) is 0.574. The summed E-state index contributed by atoms with van der Waals surface area (Å²) in [5.41, 5.74) is 1.90. The molecule has 0 saturated carbocycles. The summed E-state index contributed by atoms with van der Waals surface area (Å²) in [5, 5.41) is 9.36. The van der Waals surface area contributed by atoms with E-state index < -0.39 is 0 Å². The lowest BCUT2D eigenvalue weighted by atomic mass is 10.1. The number of hydrogen-bond donors (Lipinski definition) is 0. The van der Waals surface area contributed by atoms with Crippen LogP contribution in [0.2, 0.25) is 0 Å². The maximum atomic E-state index is 13.4. The van der Waals surface area contributed by atoms with Crippen LogP contribution in [-0.2, 0) is 11.2 Å². The molecule has 0 N–H and O–H groups in total. The van der Waals surface area contributed by atoms with E-state index in [0.29, 0.717) is 17.3 Å². The lowest BCUT2D eigenvalue weighted by Gasteiger charge is -2.26. The normalized spacial score (nSPS) is 14.2. The van der Waals surface area contributed by atoms with Crippen molar-refractivity contribution in [1.29, 1.82) is 0 Å². The van der Waals surface area contributed by atoms with Gasteiger partial charge >= 0.3 is 0 Å². The maximum Gasteiger partial charge on any atom is 0.233 e. The SMILES string of the molecule is O=C(CSc1nnc(Cc2ccccc2)n1-c1ccc(F)cc1)N1CCCCC1. The van der Waals surface area contributed by atoms with Crippen molar-refractivity contribution in [2.45, 2.75) is 30.8 Å². The van der Waals surface area contributed by atoms with Gasteiger partial charge in [0.15, 0.2) is 5.16 Å². The Balaban J connectivity index is 1.57. The van der Waals surface area contributed by atoms with Gasteiger partial charge in [-0.25, -0.2) is 4.39 Å². The Kier molecular flexibility index (Phi) is 6.24. The van der Waals surface area contributed by atoms with Gasteiger partial charge in [-0.1, -0.05) is 42.1 Å². The van der Waals surface area contributed by atoms with Gasteiger partial charge in [-0.15, -0.1) is 10.2 Å². The van der Waals surface area contributed by atoms with Gasteiger partial charge in [0.25, 0.3) is 0 Å². The molecule has 1 aliphatic rings. The number of carbonyl (C=O) groups is 1. The Labute approximate surface area is 173 Å². The molecule has 1 aliphatic heterocycles. The van der Waals surface area contributed by atoms with Crippen molar-refractivity contribution in [2.24, 2.45) is 0 Å². The fourth-order valence-electron chi connectivity index (χ4n) is 3.50. The van der Waals surface area contributed by atoms with Gasteiger partial charge in [-0.05, 0) is 49.1 Å². The molecule has 2 heterocycles. The van der Waals surface area contributed by atoms with Crippen LogP contribution < -0.4 is 0 Å². The van der Waals surface area contributed by atoms with Gasteiger partial charge in [0.1, 0.15) is 11.6 Å². The average molecular weight is 411 g/mol. The third-order valence-electron chi connectivity index (χ3n) is 5.02. The lowest BCUT2D eigenvalue weighted by molar-refractivity contribution is -0.129. The first-order valence-electron chi connectivity index (χ1n) is 9.85. The Bertz CT molecular complexity index is 953. The minimum atomic E-state index is -0.291. The molecule has 2 aromatic carbocycles. The summed E-state index contributed by atoms with van der Waals surface area (Å²) >= 11 is 1.38. The zero-order valence-electron chi connectivity index (χ0n) is 16.1. The van der Waals surface area contributed by atoms with Crippen LogP contribution in [0.15, 0.2) is 59.8 Å². The molecular formula is C22H23FN4OS. The molecule has 1 fully saturated rings. The highest BCUT2D eigenvalue weighted by atomic mass is 32.2. The number of nitrogens with zero attached hydrogens (tertiary/aromatic N) is 4. The van der Waals surface area contributed by atoms with Crippen molar-refractivity contribution in [3.05, 3.63) is 71.8 Å². The lowest BCUT2D eigenvalue weighted by Crippen LogP contribution is -2.36. The Morgan fingerprint density at radius 2 is 1.69 bits per heavy atom. The highest BCUT2D eigenvalue weighted by Gasteiger charge is 2.20. The number of amides is 1. The molecule has 1 aromatic heterocycles. The highest BCUT2D eigenvalue weighted by molar-refractivity contribution is 7.99. The Morgan fingerprint density at radius 3 is 2.41 bits per heavy atom. The fourth-order valence-corrected chi connectivity index (χ4v) is 4.37. The zero-order valence-corrected chi connectivity index (χ0v) is 16.9. The van der Waals surface area contributed by atoms with E-state index >= 15 is 0 Å². The van der Waals surface area contributed by atoms with E-state index in [2.05, 4.69) is 10.2 Å². The summed E-state index contributed by atoms with van der Waals surface area (Å²) in [7, 11) is 0. The molecule has 7 heteroatoms. The van der Waals surface area contributed by atoms with Crippen molar-refractivity contribution in [2.75, 3.05) is 18.8 Å². The van der Waals surface area contributed by atoms with Crippen molar-refractivity contribution in [3.8, 4) is 5.69 Å². The molecule has 0 bridgehead atoms. The molecule has 0 unspecified atom stereocenters. The molecule has 1 amide bonds. The number of rotatable bonds is 6. The van der Waals surface area contributed by atoms with Crippen LogP contribution in [0.25, 0.3) is 5.69 Å². The van der Waals surface area contributed by atoms with Crippen LogP contribution in [0.1, 0.15) is 30.7 Å². The molecule has 0 aliphatic carbocycles. The zero-order chi connectivity index (χ0) is 20.1. The van der Waals surface area contributed by atoms with Crippen LogP contribution in [0.5, 0.6) is 0 Å². The molecule has 3 aromatic rings. The molecule has 0 atom stereocenters. The minimum absolute atomic E-state index is 0.132. The first-order chi connectivity index (χ1) is 14.2. The molecule has 5 nitrogen and oxygen atoms in total. The molecular weight excluding hydrogens is 387 g/mol. The Hall–Kier alpha value is -2.67. The number of likely N-dealkylation sites (tertiary alicyclic amines) is 1. The summed E-state index contributed by atoms with van der Waals surface area (Å²) in [6.45, 7) is 1.67. The van der Waals surface area contributed by atoms with Crippen LogP contribution in [0.3, 0.4) is 0 Å². The number of benzene rings is 2. The number of halogens is 1. The third-order valence-corrected chi connectivity index (χ3v) is 5.94. The number of aromatic nitrogens is 3.